The maximum absolute atomic E-state index is 2.72. The molecule has 2 heteroatoms. The van der Waals surface area contributed by atoms with Crippen LogP contribution in [-0.4, -0.2) is 7.28 Å². The fraction of sp³-hybridized carbons (Fsp3) is 1.00. The highest BCUT2D eigenvalue weighted by molar-refractivity contribution is 6.39. The molecule has 0 spiro atoms. The minimum absolute atomic E-state index is 0. The molecule has 0 aromatic heterocycles. The van der Waals surface area contributed by atoms with E-state index >= 15 is 0 Å². The maximum atomic E-state index is 2.72. The molecule has 2 aliphatic carbocycles. The number of hydrogen-bond acceptors (Lipinski definition) is 0. The summed E-state index contributed by atoms with van der Waals surface area (Å²) in [6.07, 6.45) is 15.0. The Morgan fingerprint density at radius 1 is 0.571 bits per heavy atom. The zero-order chi connectivity index (χ0) is 8.93. The standard InChI is InChI=1S/C12H22B.ClH/c1-3-7-11(8-4-1)13-12-9-5-2-6-10-12;/h11-12H,1-10H2;1H. The van der Waals surface area contributed by atoms with Crippen LogP contribution in [0.15, 0.2) is 0 Å². The van der Waals surface area contributed by atoms with Crippen LogP contribution in [0.4, 0.5) is 0 Å². The zero-order valence-electron chi connectivity index (χ0n) is 9.21. The van der Waals surface area contributed by atoms with Gasteiger partial charge in [-0.25, -0.2) is 0 Å². The van der Waals surface area contributed by atoms with Crippen molar-refractivity contribution in [3.05, 3.63) is 0 Å². The largest absolute Gasteiger partial charge is 0.147 e. The Morgan fingerprint density at radius 3 is 1.29 bits per heavy atom. The number of rotatable bonds is 2. The van der Waals surface area contributed by atoms with Crippen LogP contribution < -0.4 is 0 Å². The molecule has 0 unspecified atom stereocenters. The van der Waals surface area contributed by atoms with Gasteiger partial charge in [-0.3, -0.25) is 0 Å². The van der Waals surface area contributed by atoms with Crippen molar-refractivity contribution in [1.29, 1.82) is 0 Å². The van der Waals surface area contributed by atoms with Gasteiger partial charge in [0.2, 0.25) is 0 Å². The first-order chi connectivity index (χ1) is 6.45. The van der Waals surface area contributed by atoms with Crippen molar-refractivity contribution in [3.63, 3.8) is 0 Å². The topological polar surface area (TPSA) is 0 Å². The summed E-state index contributed by atoms with van der Waals surface area (Å²) in [6, 6.07) is 0. The molecular formula is C12H23BCl. The second-order valence-electron chi connectivity index (χ2n) is 4.99. The van der Waals surface area contributed by atoms with Crippen LogP contribution in [0.5, 0.6) is 0 Å². The SMILES string of the molecule is Cl.[B](C1CCCCC1)C1CCCCC1. The Kier molecular flexibility index (Phi) is 6.01. The number of hydrogen-bond donors (Lipinski definition) is 0. The van der Waals surface area contributed by atoms with Crippen molar-refractivity contribution in [2.75, 3.05) is 0 Å². The molecule has 81 valence electrons. The molecule has 2 aliphatic rings. The third-order valence-corrected chi connectivity index (χ3v) is 3.84. The van der Waals surface area contributed by atoms with Crippen molar-refractivity contribution in [2.24, 2.45) is 0 Å². The van der Waals surface area contributed by atoms with Crippen LogP contribution in [0.1, 0.15) is 64.2 Å². The maximum Gasteiger partial charge on any atom is 0.117 e. The van der Waals surface area contributed by atoms with E-state index in [1.807, 2.05) is 0 Å². The van der Waals surface area contributed by atoms with Crippen LogP contribution in [0.2, 0.25) is 11.6 Å². The summed E-state index contributed by atoms with van der Waals surface area (Å²) in [7, 11) is 2.72. The molecule has 2 saturated carbocycles. The van der Waals surface area contributed by atoms with Gasteiger partial charge in [0.05, 0.1) is 0 Å². The quantitative estimate of drug-likeness (QED) is 0.587. The van der Waals surface area contributed by atoms with Gasteiger partial charge in [-0.1, -0.05) is 75.8 Å². The second kappa shape index (κ2) is 6.77. The lowest BCUT2D eigenvalue weighted by molar-refractivity contribution is 0.470. The molecular weight excluding hydrogens is 190 g/mol. The molecule has 0 nitrogen and oxygen atoms in total. The average molecular weight is 214 g/mol. The van der Waals surface area contributed by atoms with Crippen LogP contribution in [0.25, 0.3) is 0 Å². The van der Waals surface area contributed by atoms with Gasteiger partial charge in [-0.2, -0.15) is 0 Å². The Hall–Kier alpha value is 0.355. The highest BCUT2D eigenvalue weighted by Crippen LogP contribution is 2.36. The minimum atomic E-state index is 0. The first-order valence-corrected chi connectivity index (χ1v) is 6.30. The molecule has 0 atom stereocenters. The van der Waals surface area contributed by atoms with E-state index in [-0.39, 0.29) is 12.4 Å². The predicted octanol–water partition coefficient (Wildman–Crippen LogP) is 4.62. The lowest BCUT2D eigenvalue weighted by Gasteiger charge is -2.27. The van der Waals surface area contributed by atoms with Gasteiger partial charge >= 0.3 is 0 Å². The molecule has 0 bridgehead atoms. The first-order valence-electron chi connectivity index (χ1n) is 6.30. The van der Waals surface area contributed by atoms with Gasteiger partial charge in [0.15, 0.2) is 0 Å². The fourth-order valence-corrected chi connectivity index (χ4v) is 3.04. The summed E-state index contributed by atoms with van der Waals surface area (Å²) < 4.78 is 0. The summed E-state index contributed by atoms with van der Waals surface area (Å²) in [5, 5.41) is 0. The van der Waals surface area contributed by atoms with Crippen LogP contribution in [0, 0.1) is 0 Å². The highest BCUT2D eigenvalue weighted by atomic mass is 35.5. The van der Waals surface area contributed by atoms with Crippen molar-refractivity contribution < 1.29 is 0 Å². The summed E-state index contributed by atoms with van der Waals surface area (Å²) in [5.74, 6) is 1.99. The van der Waals surface area contributed by atoms with Crippen molar-refractivity contribution in [3.8, 4) is 0 Å². The molecule has 0 aromatic carbocycles. The summed E-state index contributed by atoms with van der Waals surface area (Å²) in [4.78, 5) is 0. The normalized spacial score (nSPS) is 25.4. The van der Waals surface area contributed by atoms with E-state index in [4.69, 9.17) is 0 Å². The molecule has 0 heterocycles. The first kappa shape index (κ1) is 12.4. The minimum Gasteiger partial charge on any atom is -0.147 e. The van der Waals surface area contributed by atoms with Crippen molar-refractivity contribution >= 4 is 19.7 Å². The molecule has 0 N–H and O–H groups in total. The monoisotopic (exact) mass is 213 g/mol. The molecule has 2 rings (SSSR count). The van der Waals surface area contributed by atoms with Gasteiger partial charge in [-0.15, -0.1) is 12.4 Å². The van der Waals surface area contributed by atoms with E-state index in [9.17, 15) is 0 Å². The smallest absolute Gasteiger partial charge is 0.117 e. The van der Waals surface area contributed by atoms with E-state index < -0.39 is 0 Å². The molecule has 0 amide bonds. The van der Waals surface area contributed by atoms with E-state index in [2.05, 4.69) is 7.28 Å². The molecule has 0 saturated heterocycles. The van der Waals surface area contributed by atoms with E-state index in [0.29, 0.717) is 0 Å². The average Bonchev–Trinajstić information content (AvgIpc) is 2.21. The van der Waals surface area contributed by atoms with Crippen LogP contribution in [0.3, 0.4) is 0 Å². The third-order valence-electron chi connectivity index (χ3n) is 3.84. The number of halogens is 1. The lowest BCUT2D eigenvalue weighted by Crippen LogP contribution is -2.16. The van der Waals surface area contributed by atoms with Gasteiger partial charge < -0.3 is 0 Å². The predicted molar refractivity (Wildman–Crippen MR) is 66.7 cm³/mol. The van der Waals surface area contributed by atoms with Gasteiger partial charge in [0, 0.05) is 0 Å². The molecule has 14 heavy (non-hydrogen) atoms. The van der Waals surface area contributed by atoms with E-state index in [1.165, 1.54) is 64.2 Å². The Morgan fingerprint density at radius 2 is 0.929 bits per heavy atom. The summed E-state index contributed by atoms with van der Waals surface area (Å²) >= 11 is 0. The Labute approximate surface area is 95.9 Å². The van der Waals surface area contributed by atoms with Crippen molar-refractivity contribution in [2.45, 2.75) is 75.8 Å². The van der Waals surface area contributed by atoms with Crippen molar-refractivity contribution in [1.82, 2.24) is 0 Å². The molecule has 2 fully saturated rings. The van der Waals surface area contributed by atoms with Gasteiger partial charge in [-0.05, 0) is 0 Å². The van der Waals surface area contributed by atoms with Crippen LogP contribution >= 0.6 is 12.4 Å². The third kappa shape index (κ3) is 3.84. The zero-order valence-corrected chi connectivity index (χ0v) is 10.0. The fourth-order valence-electron chi connectivity index (χ4n) is 3.04. The summed E-state index contributed by atoms with van der Waals surface area (Å²) in [5.41, 5.74) is 0. The summed E-state index contributed by atoms with van der Waals surface area (Å²) in [6.45, 7) is 0. The lowest BCUT2D eigenvalue weighted by atomic mass is 9.48. The van der Waals surface area contributed by atoms with Gasteiger partial charge in [0.1, 0.15) is 7.28 Å². The van der Waals surface area contributed by atoms with E-state index in [0.717, 1.165) is 11.6 Å². The molecule has 1 radical (unpaired) electrons. The van der Waals surface area contributed by atoms with Crippen LogP contribution in [-0.2, 0) is 0 Å². The molecule has 0 aliphatic heterocycles. The van der Waals surface area contributed by atoms with Gasteiger partial charge in [0.25, 0.3) is 0 Å². The second-order valence-corrected chi connectivity index (χ2v) is 4.99. The Balaban J connectivity index is 0.000000980. The van der Waals surface area contributed by atoms with E-state index in [1.54, 1.807) is 0 Å². The highest BCUT2D eigenvalue weighted by Gasteiger charge is 2.21. The molecule has 0 aromatic rings. The Bertz CT molecular complexity index is 121.